The Labute approximate surface area is 189 Å². The number of aromatic amines is 2. The van der Waals surface area contributed by atoms with Crippen molar-refractivity contribution in [2.24, 2.45) is 0 Å². The average Bonchev–Trinajstić information content (AvgIpc) is 3.42. The first-order chi connectivity index (χ1) is 15.5. The zero-order valence-corrected chi connectivity index (χ0v) is 19.7. The molecule has 3 N–H and O–H groups in total. The van der Waals surface area contributed by atoms with E-state index in [4.69, 9.17) is 9.47 Å². The molecule has 0 radical (unpaired) electrons. The third kappa shape index (κ3) is 4.25. The van der Waals surface area contributed by atoms with E-state index in [2.05, 4.69) is 64.5 Å². The van der Waals surface area contributed by atoms with Gasteiger partial charge in [0.1, 0.15) is 12.4 Å². The molecular formula is C24H34N6O2. The van der Waals surface area contributed by atoms with Crippen molar-refractivity contribution in [2.45, 2.75) is 39.7 Å². The van der Waals surface area contributed by atoms with E-state index >= 15 is 0 Å². The van der Waals surface area contributed by atoms with Crippen molar-refractivity contribution >= 4 is 22.2 Å². The molecule has 8 nitrogen and oxygen atoms in total. The number of hydrogen-bond donors (Lipinski definition) is 3. The Hall–Kier alpha value is -2.84. The van der Waals surface area contributed by atoms with Gasteiger partial charge < -0.3 is 19.7 Å². The minimum atomic E-state index is 0.0669. The summed E-state index contributed by atoms with van der Waals surface area (Å²) in [6, 6.07) is 2.12. The predicted octanol–water partition coefficient (Wildman–Crippen LogP) is 4.29. The Balaban J connectivity index is 1.72. The molecule has 0 saturated heterocycles. The Morgan fingerprint density at radius 2 is 1.88 bits per heavy atom. The van der Waals surface area contributed by atoms with Gasteiger partial charge in [0.25, 0.3) is 0 Å². The molecule has 0 saturated carbocycles. The van der Waals surface area contributed by atoms with Gasteiger partial charge in [-0.25, -0.2) is 0 Å². The van der Waals surface area contributed by atoms with Gasteiger partial charge >= 0.3 is 0 Å². The number of nitrogens with zero attached hydrogens (tertiary/aromatic N) is 3. The van der Waals surface area contributed by atoms with E-state index in [1.807, 2.05) is 12.4 Å². The van der Waals surface area contributed by atoms with Crippen LogP contribution in [0.4, 0.5) is 5.69 Å². The van der Waals surface area contributed by atoms with Crippen LogP contribution in [0.25, 0.3) is 16.5 Å². The topological polar surface area (TPSA) is 91.1 Å². The quantitative estimate of drug-likeness (QED) is 0.437. The zero-order chi connectivity index (χ0) is 22.7. The van der Waals surface area contributed by atoms with Crippen molar-refractivity contribution in [3.8, 4) is 5.75 Å². The van der Waals surface area contributed by atoms with Gasteiger partial charge in [-0.3, -0.25) is 10.2 Å². The second kappa shape index (κ2) is 9.75. The molecule has 3 heterocycles. The summed E-state index contributed by atoms with van der Waals surface area (Å²) in [5.41, 5.74) is 8.14. The first-order valence-electron chi connectivity index (χ1n) is 11.3. The van der Waals surface area contributed by atoms with E-state index < -0.39 is 0 Å². The summed E-state index contributed by atoms with van der Waals surface area (Å²) in [6.45, 7) is 9.52. The monoisotopic (exact) mass is 438 g/mol. The SMILES string of the molecule is CCCC1=C(C)c2c(c(OCCN(C)CCOC)cc3[nH]ncc23)NC1c1cn[nH]c1C. The van der Waals surface area contributed by atoms with Crippen LogP contribution < -0.4 is 10.1 Å². The summed E-state index contributed by atoms with van der Waals surface area (Å²) < 4.78 is 11.5. The number of fused-ring (bicyclic) bond motifs is 3. The van der Waals surface area contributed by atoms with Crippen molar-refractivity contribution in [3.05, 3.63) is 40.9 Å². The van der Waals surface area contributed by atoms with Gasteiger partial charge in [0.05, 0.1) is 36.2 Å². The molecule has 0 bridgehead atoms. The minimum Gasteiger partial charge on any atom is -0.490 e. The lowest BCUT2D eigenvalue weighted by Crippen LogP contribution is -2.28. The van der Waals surface area contributed by atoms with E-state index in [-0.39, 0.29) is 6.04 Å². The van der Waals surface area contributed by atoms with Crippen LogP contribution in [0.1, 0.15) is 49.6 Å². The van der Waals surface area contributed by atoms with Crippen molar-refractivity contribution in [2.75, 3.05) is 45.8 Å². The molecule has 0 spiro atoms. The molecule has 1 unspecified atom stereocenters. The summed E-state index contributed by atoms with van der Waals surface area (Å²) >= 11 is 0. The highest BCUT2D eigenvalue weighted by atomic mass is 16.5. The number of aromatic nitrogens is 4. The fourth-order valence-electron chi connectivity index (χ4n) is 4.51. The number of methoxy groups -OCH3 is 1. The molecular weight excluding hydrogens is 404 g/mol. The third-order valence-corrected chi connectivity index (χ3v) is 6.31. The normalized spacial score (nSPS) is 16.0. The zero-order valence-electron chi connectivity index (χ0n) is 19.7. The van der Waals surface area contributed by atoms with Crippen LogP contribution in [0, 0.1) is 6.92 Å². The fourth-order valence-corrected chi connectivity index (χ4v) is 4.51. The maximum absolute atomic E-state index is 6.33. The summed E-state index contributed by atoms with van der Waals surface area (Å²) in [5, 5.41) is 19.7. The number of likely N-dealkylation sites (N-methyl/N-ethyl adjacent to an activating group) is 1. The molecule has 8 heteroatoms. The smallest absolute Gasteiger partial charge is 0.145 e. The number of H-pyrrole nitrogens is 2. The number of allylic oxidation sites excluding steroid dienone is 1. The lowest BCUT2D eigenvalue weighted by molar-refractivity contribution is 0.150. The van der Waals surface area contributed by atoms with Gasteiger partial charge in [0, 0.05) is 48.5 Å². The Morgan fingerprint density at radius 1 is 1.09 bits per heavy atom. The van der Waals surface area contributed by atoms with Crippen LogP contribution in [-0.2, 0) is 4.74 Å². The number of benzene rings is 1. The van der Waals surface area contributed by atoms with Crippen molar-refractivity contribution < 1.29 is 9.47 Å². The van der Waals surface area contributed by atoms with Crippen molar-refractivity contribution in [3.63, 3.8) is 0 Å². The number of rotatable bonds is 10. The first kappa shape index (κ1) is 22.4. The van der Waals surface area contributed by atoms with Gasteiger partial charge in [-0.1, -0.05) is 13.3 Å². The Kier molecular flexibility index (Phi) is 6.81. The van der Waals surface area contributed by atoms with E-state index in [9.17, 15) is 0 Å². The largest absolute Gasteiger partial charge is 0.490 e. The molecule has 3 aromatic rings. The number of nitrogens with one attached hydrogen (secondary N) is 3. The highest BCUT2D eigenvalue weighted by Crippen LogP contribution is 2.48. The fraction of sp³-hybridized carbons (Fsp3) is 0.500. The van der Waals surface area contributed by atoms with Gasteiger partial charge in [0.2, 0.25) is 0 Å². The lowest BCUT2D eigenvalue weighted by Gasteiger charge is -2.33. The summed E-state index contributed by atoms with van der Waals surface area (Å²) in [5.74, 6) is 0.845. The molecule has 4 rings (SSSR count). The summed E-state index contributed by atoms with van der Waals surface area (Å²) in [7, 11) is 3.80. The van der Waals surface area contributed by atoms with Crippen LogP contribution in [0.5, 0.6) is 5.75 Å². The molecule has 32 heavy (non-hydrogen) atoms. The van der Waals surface area contributed by atoms with E-state index in [0.29, 0.717) is 13.2 Å². The third-order valence-electron chi connectivity index (χ3n) is 6.31. The number of anilines is 1. The maximum Gasteiger partial charge on any atom is 0.145 e. The molecule has 172 valence electrons. The summed E-state index contributed by atoms with van der Waals surface area (Å²) in [4.78, 5) is 2.21. The average molecular weight is 439 g/mol. The van der Waals surface area contributed by atoms with Gasteiger partial charge in [0.15, 0.2) is 0 Å². The standard InChI is InChI=1S/C24H34N6O2/c1-6-7-17-15(2)22-19-14-26-29-20(19)12-21(32-11-9-30(4)8-10-31-5)24(22)27-23(17)18-13-25-28-16(18)3/h12-14,23,27H,6-11H2,1-5H3,(H,25,28)(H,26,29). The van der Waals surface area contributed by atoms with E-state index in [0.717, 1.165) is 54.0 Å². The number of aryl methyl sites for hydroxylation is 1. The predicted molar refractivity (Wildman–Crippen MR) is 128 cm³/mol. The molecule has 0 amide bonds. The highest BCUT2D eigenvalue weighted by Gasteiger charge is 2.31. The van der Waals surface area contributed by atoms with Crippen LogP contribution in [-0.4, -0.2) is 65.8 Å². The van der Waals surface area contributed by atoms with Gasteiger partial charge in [-0.2, -0.15) is 10.2 Å². The molecule has 1 aliphatic heterocycles. The molecule has 1 atom stereocenters. The second-order valence-corrected chi connectivity index (χ2v) is 8.53. The molecule has 0 fully saturated rings. The number of ether oxygens (including phenoxy) is 2. The van der Waals surface area contributed by atoms with Crippen LogP contribution >= 0.6 is 0 Å². The van der Waals surface area contributed by atoms with Crippen LogP contribution in [0.2, 0.25) is 0 Å². The van der Waals surface area contributed by atoms with Crippen LogP contribution in [0.15, 0.2) is 24.0 Å². The van der Waals surface area contributed by atoms with Crippen molar-refractivity contribution in [1.82, 2.24) is 25.3 Å². The first-order valence-corrected chi connectivity index (χ1v) is 11.3. The second-order valence-electron chi connectivity index (χ2n) is 8.53. The molecule has 1 aliphatic rings. The summed E-state index contributed by atoms with van der Waals surface area (Å²) in [6.07, 6.45) is 5.94. The Bertz CT molecular complexity index is 1100. The van der Waals surface area contributed by atoms with Gasteiger partial charge in [-0.05, 0) is 38.5 Å². The van der Waals surface area contributed by atoms with Gasteiger partial charge in [-0.15, -0.1) is 0 Å². The maximum atomic E-state index is 6.33. The van der Waals surface area contributed by atoms with E-state index in [1.54, 1.807) is 7.11 Å². The molecule has 2 aromatic heterocycles. The van der Waals surface area contributed by atoms with Crippen LogP contribution in [0.3, 0.4) is 0 Å². The Morgan fingerprint density at radius 3 is 2.59 bits per heavy atom. The van der Waals surface area contributed by atoms with E-state index in [1.165, 1.54) is 22.3 Å². The number of hydrogen-bond acceptors (Lipinski definition) is 6. The van der Waals surface area contributed by atoms with Crippen molar-refractivity contribution in [1.29, 1.82) is 0 Å². The minimum absolute atomic E-state index is 0.0669. The molecule has 0 aliphatic carbocycles. The molecule has 1 aromatic carbocycles. The highest BCUT2D eigenvalue weighted by molar-refractivity contribution is 6.01. The lowest BCUT2D eigenvalue weighted by atomic mass is 9.83.